The SMILES string of the molecule is CC(NC(=O)c1ccc2c(c1)C(=O)N(Cc1ccco1)C2=O)C1CC1. The molecule has 0 saturated heterocycles. The third-order valence-electron chi connectivity index (χ3n) is 4.81. The number of amides is 3. The quantitative estimate of drug-likeness (QED) is 0.850. The van der Waals surface area contributed by atoms with Crippen molar-refractivity contribution in [3.8, 4) is 0 Å². The molecule has 1 aliphatic carbocycles. The summed E-state index contributed by atoms with van der Waals surface area (Å²) in [7, 11) is 0. The summed E-state index contributed by atoms with van der Waals surface area (Å²) in [5.74, 6) is 0.0963. The molecule has 128 valence electrons. The van der Waals surface area contributed by atoms with E-state index in [1.54, 1.807) is 24.3 Å². The predicted molar refractivity (Wildman–Crippen MR) is 89.0 cm³/mol. The van der Waals surface area contributed by atoms with Crippen LogP contribution in [-0.4, -0.2) is 28.7 Å². The molecule has 1 aliphatic heterocycles. The molecule has 0 spiro atoms. The van der Waals surface area contributed by atoms with Gasteiger partial charge in [-0.15, -0.1) is 0 Å². The summed E-state index contributed by atoms with van der Waals surface area (Å²) < 4.78 is 5.21. The van der Waals surface area contributed by atoms with Crippen molar-refractivity contribution < 1.29 is 18.8 Å². The van der Waals surface area contributed by atoms with E-state index in [-0.39, 0.29) is 30.0 Å². The van der Waals surface area contributed by atoms with Gasteiger partial charge in [0.05, 0.1) is 23.9 Å². The molecule has 2 aliphatic rings. The van der Waals surface area contributed by atoms with Gasteiger partial charge < -0.3 is 9.73 Å². The highest BCUT2D eigenvalue weighted by molar-refractivity contribution is 6.22. The van der Waals surface area contributed by atoms with Crippen LogP contribution in [0.2, 0.25) is 0 Å². The molecule has 2 heterocycles. The summed E-state index contributed by atoms with van der Waals surface area (Å²) in [6.07, 6.45) is 3.78. The molecule has 2 aromatic rings. The third kappa shape index (κ3) is 2.84. The minimum absolute atomic E-state index is 0.0829. The number of rotatable bonds is 5. The second kappa shape index (κ2) is 5.88. The fraction of sp³-hybridized carbons (Fsp3) is 0.316. The number of benzene rings is 1. The standard InChI is InChI=1S/C19H18N2O4/c1-11(12-4-5-12)20-17(22)13-6-7-15-16(9-13)19(24)21(18(15)23)10-14-3-2-8-25-14/h2-3,6-9,11-12H,4-5,10H2,1H3,(H,20,22). The Hall–Kier alpha value is -2.89. The Morgan fingerprint density at radius 3 is 2.68 bits per heavy atom. The number of hydrogen-bond donors (Lipinski definition) is 1. The van der Waals surface area contributed by atoms with Crippen LogP contribution in [0.1, 0.15) is 56.6 Å². The van der Waals surface area contributed by atoms with Crippen LogP contribution >= 0.6 is 0 Å². The zero-order valence-corrected chi connectivity index (χ0v) is 13.8. The minimum Gasteiger partial charge on any atom is -0.467 e. The average Bonchev–Trinajstić information content (AvgIpc) is 3.29. The van der Waals surface area contributed by atoms with Crippen LogP contribution in [0.3, 0.4) is 0 Å². The molecule has 1 N–H and O–H groups in total. The lowest BCUT2D eigenvalue weighted by atomic mass is 10.0. The van der Waals surface area contributed by atoms with Crippen LogP contribution < -0.4 is 5.32 Å². The van der Waals surface area contributed by atoms with Gasteiger partial charge in [-0.25, -0.2) is 0 Å². The Balaban J connectivity index is 1.55. The first-order chi connectivity index (χ1) is 12.0. The Labute approximate surface area is 144 Å². The van der Waals surface area contributed by atoms with Crippen molar-refractivity contribution in [1.82, 2.24) is 10.2 Å². The molecule has 0 bridgehead atoms. The van der Waals surface area contributed by atoms with Crippen molar-refractivity contribution in [3.05, 3.63) is 59.0 Å². The van der Waals surface area contributed by atoms with Crippen molar-refractivity contribution in [2.24, 2.45) is 5.92 Å². The highest BCUT2D eigenvalue weighted by Gasteiger charge is 2.36. The van der Waals surface area contributed by atoms with Crippen molar-refractivity contribution in [3.63, 3.8) is 0 Å². The maximum Gasteiger partial charge on any atom is 0.261 e. The van der Waals surface area contributed by atoms with Gasteiger partial charge in [0.2, 0.25) is 0 Å². The second-order valence-electron chi connectivity index (χ2n) is 6.64. The summed E-state index contributed by atoms with van der Waals surface area (Å²) in [5, 5.41) is 2.96. The molecule has 1 unspecified atom stereocenters. The molecule has 4 rings (SSSR count). The minimum atomic E-state index is -0.402. The highest BCUT2D eigenvalue weighted by Crippen LogP contribution is 2.32. The fourth-order valence-corrected chi connectivity index (χ4v) is 3.14. The zero-order chi connectivity index (χ0) is 17.6. The van der Waals surface area contributed by atoms with E-state index in [0.717, 1.165) is 17.7 Å². The molecule has 25 heavy (non-hydrogen) atoms. The van der Waals surface area contributed by atoms with E-state index >= 15 is 0 Å². The monoisotopic (exact) mass is 338 g/mol. The van der Waals surface area contributed by atoms with E-state index in [1.165, 1.54) is 12.3 Å². The lowest BCUT2D eigenvalue weighted by Crippen LogP contribution is -2.34. The number of hydrogen-bond acceptors (Lipinski definition) is 4. The molecule has 6 nitrogen and oxygen atoms in total. The first-order valence-electron chi connectivity index (χ1n) is 8.38. The fourth-order valence-electron chi connectivity index (χ4n) is 3.14. The molecule has 1 aromatic heterocycles. The van der Waals surface area contributed by atoms with Crippen molar-refractivity contribution in [2.75, 3.05) is 0 Å². The van der Waals surface area contributed by atoms with E-state index < -0.39 is 5.91 Å². The maximum absolute atomic E-state index is 12.6. The molecule has 1 atom stereocenters. The number of nitrogens with one attached hydrogen (secondary N) is 1. The lowest BCUT2D eigenvalue weighted by molar-refractivity contribution is 0.0631. The second-order valence-corrected chi connectivity index (χ2v) is 6.64. The van der Waals surface area contributed by atoms with Gasteiger partial charge in [0.1, 0.15) is 5.76 Å². The summed E-state index contributed by atoms with van der Waals surface area (Å²) in [4.78, 5) is 38.5. The van der Waals surface area contributed by atoms with Gasteiger partial charge in [-0.05, 0) is 56.0 Å². The van der Waals surface area contributed by atoms with E-state index in [0.29, 0.717) is 22.8 Å². The molecule has 6 heteroatoms. The maximum atomic E-state index is 12.6. The number of fused-ring (bicyclic) bond motifs is 1. The summed E-state index contributed by atoms with van der Waals surface area (Å²) in [6, 6.07) is 8.18. The van der Waals surface area contributed by atoms with Crippen LogP contribution in [0.15, 0.2) is 41.0 Å². The first kappa shape index (κ1) is 15.6. The van der Waals surface area contributed by atoms with Gasteiger partial charge >= 0.3 is 0 Å². The topological polar surface area (TPSA) is 79.6 Å². The largest absolute Gasteiger partial charge is 0.467 e. The molecule has 3 amide bonds. The summed E-state index contributed by atoms with van der Waals surface area (Å²) in [5.41, 5.74) is 0.985. The van der Waals surface area contributed by atoms with Crippen LogP contribution in [0.4, 0.5) is 0 Å². The van der Waals surface area contributed by atoms with Crippen molar-refractivity contribution >= 4 is 17.7 Å². The van der Waals surface area contributed by atoms with Gasteiger partial charge in [0.25, 0.3) is 17.7 Å². The smallest absolute Gasteiger partial charge is 0.261 e. The molecule has 1 saturated carbocycles. The van der Waals surface area contributed by atoms with Crippen molar-refractivity contribution in [1.29, 1.82) is 0 Å². The number of carbonyl (C=O) groups excluding carboxylic acids is 3. The van der Waals surface area contributed by atoms with Gasteiger partial charge in [0, 0.05) is 11.6 Å². The van der Waals surface area contributed by atoms with Crippen LogP contribution in [0.5, 0.6) is 0 Å². The number of nitrogens with zero attached hydrogens (tertiary/aromatic N) is 1. The molecular weight excluding hydrogens is 320 g/mol. The molecule has 1 aromatic carbocycles. The molecular formula is C19H18N2O4. The van der Waals surface area contributed by atoms with Crippen molar-refractivity contribution in [2.45, 2.75) is 32.4 Å². The zero-order valence-electron chi connectivity index (χ0n) is 13.8. The van der Waals surface area contributed by atoms with Crippen LogP contribution in [0.25, 0.3) is 0 Å². The summed E-state index contributed by atoms with van der Waals surface area (Å²) >= 11 is 0. The molecule has 1 fully saturated rings. The molecule has 0 radical (unpaired) electrons. The van der Waals surface area contributed by atoms with E-state index in [1.807, 2.05) is 6.92 Å². The Morgan fingerprint density at radius 1 is 1.24 bits per heavy atom. The van der Waals surface area contributed by atoms with Gasteiger partial charge in [-0.3, -0.25) is 19.3 Å². The van der Waals surface area contributed by atoms with Gasteiger partial charge in [-0.1, -0.05) is 0 Å². The Kier molecular flexibility index (Phi) is 3.67. The van der Waals surface area contributed by atoms with Crippen LogP contribution in [0, 0.1) is 5.92 Å². The predicted octanol–water partition coefficient (Wildman–Crippen LogP) is 2.60. The summed E-state index contributed by atoms with van der Waals surface area (Å²) in [6.45, 7) is 2.07. The Bertz CT molecular complexity index is 852. The normalized spacial score (nSPS) is 17.6. The number of imide groups is 1. The van der Waals surface area contributed by atoms with Gasteiger partial charge in [-0.2, -0.15) is 0 Å². The number of furan rings is 1. The Morgan fingerprint density at radius 2 is 2.00 bits per heavy atom. The van der Waals surface area contributed by atoms with E-state index in [2.05, 4.69) is 5.32 Å². The third-order valence-corrected chi connectivity index (χ3v) is 4.81. The van der Waals surface area contributed by atoms with E-state index in [4.69, 9.17) is 4.42 Å². The highest BCUT2D eigenvalue weighted by atomic mass is 16.3. The lowest BCUT2D eigenvalue weighted by Gasteiger charge is -2.13. The average molecular weight is 338 g/mol. The van der Waals surface area contributed by atoms with Crippen LogP contribution in [-0.2, 0) is 6.54 Å². The first-order valence-corrected chi connectivity index (χ1v) is 8.38. The van der Waals surface area contributed by atoms with E-state index in [9.17, 15) is 14.4 Å². The number of carbonyl (C=O) groups is 3. The van der Waals surface area contributed by atoms with Gasteiger partial charge in [0.15, 0.2) is 0 Å².